The maximum Gasteiger partial charge on any atom is 0.147 e. The zero-order valence-electron chi connectivity index (χ0n) is 7.30. The number of nitrogens with zero attached hydrogens (tertiary/aromatic N) is 1. The van der Waals surface area contributed by atoms with Gasteiger partial charge in [-0.3, -0.25) is 0 Å². The summed E-state index contributed by atoms with van der Waals surface area (Å²) in [6.45, 7) is 2.36. The molecule has 0 aromatic carbocycles. The van der Waals surface area contributed by atoms with Crippen LogP contribution in [0.3, 0.4) is 0 Å². The van der Waals surface area contributed by atoms with Gasteiger partial charge in [-0.15, -0.1) is 0 Å². The van der Waals surface area contributed by atoms with Gasteiger partial charge in [0.15, 0.2) is 0 Å². The van der Waals surface area contributed by atoms with E-state index in [1.807, 2.05) is 0 Å². The van der Waals surface area contributed by atoms with Crippen molar-refractivity contribution < 1.29 is 5.11 Å². The van der Waals surface area contributed by atoms with Crippen LogP contribution in [0.2, 0.25) is 10.2 Å². The van der Waals surface area contributed by atoms with Crippen LogP contribution in [0.25, 0.3) is 0 Å². The lowest BCUT2D eigenvalue weighted by atomic mass is 10.3. The van der Waals surface area contributed by atoms with Crippen molar-refractivity contribution in [2.24, 2.45) is 5.73 Å². The highest BCUT2D eigenvalue weighted by molar-refractivity contribution is 6.41. The fraction of sp³-hybridized carbons (Fsp3) is 0.375. The number of halogens is 2. The maximum atomic E-state index is 7.57. The first-order chi connectivity index (χ1) is 6.15. The topological polar surface area (TPSA) is 59.1 Å². The molecule has 0 aliphatic carbocycles. The van der Waals surface area contributed by atoms with Crippen molar-refractivity contribution >= 4 is 23.2 Å². The molecule has 0 bridgehead atoms. The number of hydrogen-bond acceptors (Lipinski definition) is 3. The van der Waals surface area contributed by atoms with Crippen LogP contribution in [0.1, 0.15) is 12.5 Å². The quantitative estimate of drug-likeness (QED) is 0.714. The highest BCUT2D eigenvalue weighted by atomic mass is 35.5. The number of rotatable bonds is 1. The van der Waals surface area contributed by atoms with Crippen LogP contribution in [-0.4, -0.2) is 16.7 Å². The van der Waals surface area contributed by atoms with E-state index in [0.29, 0.717) is 16.7 Å². The van der Waals surface area contributed by atoms with Crippen molar-refractivity contribution in [3.63, 3.8) is 0 Å². The largest absolute Gasteiger partial charge is 0.397 e. The van der Waals surface area contributed by atoms with E-state index in [2.05, 4.69) is 4.98 Å². The fourth-order valence-electron chi connectivity index (χ4n) is 0.572. The summed E-state index contributed by atoms with van der Waals surface area (Å²) in [7, 11) is 0. The Balaban J connectivity index is 0.000000424. The fourth-order valence-corrected chi connectivity index (χ4v) is 0.865. The Labute approximate surface area is 87.5 Å². The van der Waals surface area contributed by atoms with Crippen LogP contribution in [0.4, 0.5) is 0 Å². The van der Waals surface area contributed by atoms with Gasteiger partial charge in [-0.2, -0.15) is 0 Å². The number of aromatic nitrogens is 1. The average Bonchev–Trinajstić information content (AvgIpc) is 2.11. The van der Waals surface area contributed by atoms with Crippen LogP contribution in [-0.2, 0) is 6.54 Å². The summed E-state index contributed by atoms with van der Waals surface area (Å²) in [6, 6.07) is 1.71. The molecule has 1 aromatic rings. The smallest absolute Gasteiger partial charge is 0.147 e. The average molecular weight is 223 g/mol. The molecule has 0 radical (unpaired) electrons. The molecule has 74 valence electrons. The summed E-state index contributed by atoms with van der Waals surface area (Å²) < 4.78 is 0. The van der Waals surface area contributed by atoms with Crippen LogP contribution in [0.5, 0.6) is 0 Å². The molecule has 3 N–H and O–H groups in total. The summed E-state index contributed by atoms with van der Waals surface area (Å²) in [5.74, 6) is 0. The second-order valence-corrected chi connectivity index (χ2v) is 2.90. The van der Waals surface area contributed by atoms with Crippen molar-refractivity contribution in [1.82, 2.24) is 4.98 Å². The molecular weight excluding hydrogens is 211 g/mol. The van der Waals surface area contributed by atoms with Crippen molar-refractivity contribution in [1.29, 1.82) is 0 Å². The molecule has 0 atom stereocenters. The Hall–Kier alpha value is -0.350. The van der Waals surface area contributed by atoms with Gasteiger partial charge >= 0.3 is 0 Å². The first-order valence-corrected chi connectivity index (χ1v) is 4.52. The lowest BCUT2D eigenvalue weighted by molar-refractivity contribution is 0.318. The number of hydrogen-bond donors (Lipinski definition) is 2. The molecule has 0 saturated carbocycles. The third-order valence-electron chi connectivity index (χ3n) is 1.09. The lowest BCUT2D eigenvalue weighted by Crippen LogP contribution is -1.96. The summed E-state index contributed by atoms with van der Waals surface area (Å²) >= 11 is 11.2. The first-order valence-electron chi connectivity index (χ1n) is 3.76. The predicted octanol–water partition coefficient (Wildman–Crippen LogP) is 1.85. The Bertz CT molecular complexity index is 256. The molecule has 0 aliphatic rings. The van der Waals surface area contributed by atoms with E-state index >= 15 is 0 Å². The van der Waals surface area contributed by atoms with Gasteiger partial charge in [-0.1, -0.05) is 23.2 Å². The van der Waals surface area contributed by atoms with Crippen molar-refractivity contribution in [3.05, 3.63) is 28.0 Å². The summed E-state index contributed by atoms with van der Waals surface area (Å²) in [5, 5.41) is 8.34. The van der Waals surface area contributed by atoms with Crippen LogP contribution in [0, 0.1) is 0 Å². The van der Waals surface area contributed by atoms with E-state index in [1.165, 1.54) is 0 Å². The van der Waals surface area contributed by atoms with E-state index in [0.717, 1.165) is 5.56 Å². The van der Waals surface area contributed by atoms with Crippen LogP contribution in [0.15, 0.2) is 12.3 Å². The Morgan fingerprint density at radius 2 is 2.08 bits per heavy atom. The van der Waals surface area contributed by atoms with Crippen molar-refractivity contribution in [2.45, 2.75) is 13.5 Å². The zero-order chi connectivity index (χ0) is 10.3. The molecular formula is C8H12Cl2N2O. The highest BCUT2D eigenvalue weighted by Gasteiger charge is 1.97. The summed E-state index contributed by atoms with van der Waals surface area (Å²) in [5.41, 5.74) is 6.21. The summed E-state index contributed by atoms with van der Waals surface area (Å²) in [4.78, 5) is 3.80. The van der Waals surface area contributed by atoms with Gasteiger partial charge in [-0.05, 0) is 18.6 Å². The van der Waals surface area contributed by atoms with Gasteiger partial charge < -0.3 is 10.8 Å². The lowest BCUT2D eigenvalue weighted by Gasteiger charge is -1.96. The minimum absolute atomic E-state index is 0.250. The van der Waals surface area contributed by atoms with Gasteiger partial charge in [0.2, 0.25) is 0 Å². The molecule has 1 aromatic heterocycles. The van der Waals surface area contributed by atoms with Gasteiger partial charge in [0.1, 0.15) is 5.15 Å². The molecule has 5 heteroatoms. The van der Waals surface area contributed by atoms with Crippen LogP contribution < -0.4 is 5.73 Å². The number of aliphatic hydroxyl groups excluding tert-OH is 1. The molecule has 0 unspecified atom stereocenters. The normalized spacial score (nSPS) is 9.00. The Morgan fingerprint density at radius 1 is 1.54 bits per heavy atom. The van der Waals surface area contributed by atoms with Crippen molar-refractivity contribution in [2.75, 3.05) is 6.61 Å². The zero-order valence-corrected chi connectivity index (χ0v) is 8.81. The SMILES string of the molecule is CCO.NCc1cnc(Cl)c(Cl)c1. The van der Waals surface area contributed by atoms with E-state index < -0.39 is 0 Å². The minimum Gasteiger partial charge on any atom is -0.397 e. The molecule has 0 aliphatic heterocycles. The minimum atomic E-state index is 0.250. The molecule has 0 saturated heterocycles. The van der Waals surface area contributed by atoms with E-state index in [-0.39, 0.29) is 6.61 Å². The standard InChI is InChI=1S/C6H6Cl2N2.C2H6O/c7-5-1-4(2-9)3-10-6(5)8;1-2-3/h1,3H,2,9H2;3H,2H2,1H3. The first kappa shape index (κ1) is 12.7. The van der Waals surface area contributed by atoms with Gasteiger partial charge in [0.05, 0.1) is 5.02 Å². The third-order valence-corrected chi connectivity index (χ3v) is 1.77. The second kappa shape index (κ2) is 7.09. The van der Waals surface area contributed by atoms with E-state index in [4.69, 9.17) is 34.0 Å². The molecule has 1 rings (SSSR count). The molecule has 0 amide bonds. The number of nitrogens with two attached hydrogens (primary N) is 1. The molecule has 0 fully saturated rings. The van der Waals surface area contributed by atoms with E-state index in [1.54, 1.807) is 19.2 Å². The summed E-state index contributed by atoms with van der Waals surface area (Å²) in [6.07, 6.45) is 1.61. The predicted molar refractivity (Wildman–Crippen MR) is 54.9 cm³/mol. The van der Waals surface area contributed by atoms with Crippen molar-refractivity contribution in [3.8, 4) is 0 Å². The third kappa shape index (κ3) is 5.05. The van der Waals surface area contributed by atoms with E-state index in [9.17, 15) is 0 Å². The molecule has 3 nitrogen and oxygen atoms in total. The molecule has 0 spiro atoms. The Kier molecular flexibility index (Phi) is 6.90. The van der Waals surface area contributed by atoms with Gasteiger partial charge in [0.25, 0.3) is 0 Å². The van der Waals surface area contributed by atoms with Gasteiger partial charge in [0, 0.05) is 19.3 Å². The number of pyridine rings is 1. The van der Waals surface area contributed by atoms with Crippen LogP contribution >= 0.6 is 23.2 Å². The molecule has 13 heavy (non-hydrogen) atoms. The Morgan fingerprint density at radius 3 is 2.46 bits per heavy atom. The second-order valence-electron chi connectivity index (χ2n) is 2.14. The van der Waals surface area contributed by atoms with Gasteiger partial charge in [-0.25, -0.2) is 4.98 Å². The number of aliphatic hydroxyl groups is 1. The monoisotopic (exact) mass is 222 g/mol. The molecule has 1 heterocycles. The highest BCUT2D eigenvalue weighted by Crippen LogP contribution is 2.18. The maximum absolute atomic E-state index is 7.57.